The van der Waals surface area contributed by atoms with Crippen LogP contribution in [0.4, 0.5) is 10.5 Å². The van der Waals surface area contributed by atoms with E-state index in [1.165, 1.54) is 18.3 Å². The van der Waals surface area contributed by atoms with Crippen molar-refractivity contribution < 1.29 is 23.9 Å². The van der Waals surface area contributed by atoms with Crippen LogP contribution in [0.3, 0.4) is 0 Å². The van der Waals surface area contributed by atoms with Crippen LogP contribution in [0, 0.1) is 0 Å². The fraction of sp³-hybridized carbons (Fsp3) is 0.118. The number of nitrogens with zero attached hydrogens (tertiary/aromatic N) is 1. The number of pyridine rings is 1. The van der Waals surface area contributed by atoms with Crippen molar-refractivity contribution in [3.63, 3.8) is 0 Å². The summed E-state index contributed by atoms with van der Waals surface area (Å²) in [6.45, 7) is -1.15. The van der Waals surface area contributed by atoms with Gasteiger partial charge in [-0.2, -0.15) is 0 Å². The number of imide groups is 1. The van der Waals surface area contributed by atoms with Gasteiger partial charge in [0.15, 0.2) is 6.61 Å². The Kier molecular flexibility index (Phi) is 7.26. The molecule has 0 saturated heterocycles. The summed E-state index contributed by atoms with van der Waals surface area (Å²) < 4.78 is 4.67. The third kappa shape index (κ3) is 7.12. The van der Waals surface area contributed by atoms with Crippen LogP contribution in [0.2, 0.25) is 5.02 Å². The molecule has 0 aliphatic carbocycles. The Morgan fingerprint density at radius 1 is 1.07 bits per heavy atom. The van der Waals surface area contributed by atoms with E-state index < -0.39 is 37.0 Å². The first kappa shape index (κ1) is 19.9. The number of aromatic nitrogens is 1. The van der Waals surface area contributed by atoms with Crippen LogP contribution in [-0.2, 0) is 14.3 Å². The molecule has 0 unspecified atom stereocenters. The van der Waals surface area contributed by atoms with Crippen LogP contribution in [0.1, 0.15) is 10.5 Å². The third-order valence-corrected chi connectivity index (χ3v) is 3.23. The number of anilines is 1. The van der Waals surface area contributed by atoms with Gasteiger partial charge in [0.05, 0.1) is 0 Å². The molecular formula is C17H15ClN4O5. The predicted molar refractivity (Wildman–Crippen MR) is 96.1 cm³/mol. The van der Waals surface area contributed by atoms with E-state index in [1.807, 2.05) is 5.32 Å². The Bertz CT molecular complexity index is 844. The molecule has 0 aliphatic rings. The number of halogens is 1. The van der Waals surface area contributed by atoms with Gasteiger partial charge in [0.1, 0.15) is 12.2 Å². The zero-order valence-electron chi connectivity index (χ0n) is 13.9. The van der Waals surface area contributed by atoms with E-state index in [9.17, 15) is 19.2 Å². The predicted octanol–water partition coefficient (Wildman–Crippen LogP) is 1.36. The van der Waals surface area contributed by atoms with Gasteiger partial charge in [-0.15, -0.1) is 0 Å². The number of carbonyl (C=O) groups is 4. The number of para-hydroxylation sites is 1. The number of amides is 4. The van der Waals surface area contributed by atoms with Gasteiger partial charge < -0.3 is 15.4 Å². The molecule has 140 valence electrons. The number of hydrogen-bond donors (Lipinski definition) is 3. The molecule has 27 heavy (non-hydrogen) atoms. The molecule has 0 fully saturated rings. The maximum absolute atomic E-state index is 11.8. The van der Waals surface area contributed by atoms with Crippen LogP contribution in [0.15, 0.2) is 48.7 Å². The number of esters is 1. The second-order valence-electron chi connectivity index (χ2n) is 5.07. The molecule has 0 bridgehead atoms. The molecule has 2 aromatic rings. The first-order valence-electron chi connectivity index (χ1n) is 7.65. The van der Waals surface area contributed by atoms with Crippen molar-refractivity contribution in [1.82, 2.24) is 15.6 Å². The number of ether oxygens (including phenoxy) is 1. The maximum Gasteiger partial charge on any atom is 0.325 e. The summed E-state index contributed by atoms with van der Waals surface area (Å²) in [6.07, 6.45) is 1.35. The van der Waals surface area contributed by atoms with Gasteiger partial charge in [-0.3, -0.25) is 24.7 Å². The van der Waals surface area contributed by atoms with E-state index >= 15 is 0 Å². The average Bonchev–Trinajstić information content (AvgIpc) is 2.65. The second-order valence-corrected chi connectivity index (χ2v) is 5.51. The Labute approximate surface area is 159 Å². The Hall–Kier alpha value is -3.46. The van der Waals surface area contributed by atoms with Crippen molar-refractivity contribution in [2.75, 3.05) is 18.5 Å². The minimum Gasteiger partial charge on any atom is -0.454 e. The monoisotopic (exact) mass is 390 g/mol. The highest BCUT2D eigenvalue weighted by atomic mass is 35.5. The molecule has 2 rings (SSSR count). The standard InChI is InChI=1S/C17H15ClN4O5/c18-11-6-7-19-13(8-11)16(25)20-9-15(24)27-10-14(23)22-17(26)21-12-4-2-1-3-5-12/h1-8H,9-10H2,(H,20,25)(H2,21,22,23,26). The zero-order valence-corrected chi connectivity index (χ0v) is 14.7. The molecule has 1 aromatic heterocycles. The number of benzene rings is 1. The molecule has 1 aromatic carbocycles. The summed E-state index contributed by atoms with van der Waals surface area (Å²) in [5.41, 5.74) is 0.530. The Balaban J connectivity index is 1.68. The van der Waals surface area contributed by atoms with Crippen molar-refractivity contribution in [1.29, 1.82) is 0 Å². The quantitative estimate of drug-likeness (QED) is 0.639. The average molecular weight is 391 g/mol. The highest BCUT2D eigenvalue weighted by molar-refractivity contribution is 6.30. The molecular weight excluding hydrogens is 376 g/mol. The summed E-state index contributed by atoms with van der Waals surface area (Å²) in [4.78, 5) is 50.3. The second kappa shape index (κ2) is 9.88. The lowest BCUT2D eigenvalue weighted by atomic mass is 10.3. The first-order chi connectivity index (χ1) is 12.9. The van der Waals surface area contributed by atoms with Crippen LogP contribution < -0.4 is 16.0 Å². The molecule has 10 heteroatoms. The minimum absolute atomic E-state index is 0.0330. The van der Waals surface area contributed by atoms with E-state index in [0.29, 0.717) is 10.7 Å². The van der Waals surface area contributed by atoms with Crippen LogP contribution in [0.5, 0.6) is 0 Å². The molecule has 0 saturated carbocycles. The van der Waals surface area contributed by atoms with Gasteiger partial charge in [0.2, 0.25) is 0 Å². The lowest BCUT2D eigenvalue weighted by Gasteiger charge is -2.08. The minimum atomic E-state index is -0.857. The number of urea groups is 1. The maximum atomic E-state index is 11.8. The van der Waals surface area contributed by atoms with Crippen molar-refractivity contribution in [3.05, 3.63) is 59.4 Å². The number of nitrogens with one attached hydrogen (secondary N) is 3. The fourth-order valence-corrected chi connectivity index (χ4v) is 1.98. The molecule has 0 radical (unpaired) electrons. The zero-order chi connectivity index (χ0) is 19.6. The first-order valence-corrected chi connectivity index (χ1v) is 8.03. The van der Waals surface area contributed by atoms with Gasteiger partial charge in [-0.1, -0.05) is 29.8 Å². The van der Waals surface area contributed by atoms with Crippen molar-refractivity contribution in [2.45, 2.75) is 0 Å². The molecule has 9 nitrogen and oxygen atoms in total. The lowest BCUT2D eigenvalue weighted by molar-refractivity contribution is -0.147. The molecule has 4 amide bonds. The van der Waals surface area contributed by atoms with Gasteiger partial charge in [0.25, 0.3) is 11.8 Å². The highest BCUT2D eigenvalue weighted by Crippen LogP contribution is 2.07. The normalized spacial score (nSPS) is 9.81. The van der Waals surface area contributed by atoms with E-state index in [0.717, 1.165) is 0 Å². The van der Waals surface area contributed by atoms with Crippen LogP contribution >= 0.6 is 11.6 Å². The van der Waals surface area contributed by atoms with E-state index in [4.69, 9.17) is 11.6 Å². The molecule has 0 aliphatic heterocycles. The van der Waals surface area contributed by atoms with Gasteiger partial charge in [0, 0.05) is 16.9 Å². The topological polar surface area (TPSA) is 126 Å². The fourth-order valence-electron chi connectivity index (χ4n) is 1.82. The van der Waals surface area contributed by atoms with Crippen molar-refractivity contribution in [2.24, 2.45) is 0 Å². The van der Waals surface area contributed by atoms with Crippen molar-refractivity contribution in [3.8, 4) is 0 Å². The Morgan fingerprint density at radius 2 is 1.81 bits per heavy atom. The molecule has 0 spiro atoms. The number of hydrogen-bond acceptors (Lipinski definition) is 6. The van der Waals surface area contributed by atoms with Gasteiger partial charge >= 0.3 is 12.0 Å². The summed E-state index contributed by atoms with van der Waals surface area (Å²) in [6, 6.07) is 10.6. The van der Waals surface area contributed by atoms with Gasteiger partial charge in [-0.25, -0.2) is 4.79 Å². The van der Waals surface area contributed by atoms with E-state index in [-0.39, 0.29) is 5.69 Å². The number of rotatable bonds is 6. The summed E-state index contributed by atoms with van der Waals surface area (Å²) in [7, 11) is 0. The van der Waals surface area contributed by atoms with Crippen LogP contribution in [0.25, 0.3) is 0 Å². The summed E-state index contributed by atoms with van der Waals surface area (Å²) in [5, 5.41) is 7.04. The summed E-state index contributed by atoms with van der Waals surface area (Å²) in [5.74, 6) is -2.30. The lowest BCUT2D eigenvalue weighted by Crippen LogP contribution is -2.38. The van der Waals surface area contributed by atoms with Crippen LogP contribution in [-0.4, -0.2) is 42.0 Å². The van der Waals surface area contributed by atoms with E-state index in [2.05, 4.69) is 20.4 Å². The van der Waals surface area contributed by atoms with Gasteiger partial charge in [-0.05, 0) is 24.3 Å². The third-order valence-electron chi connectivity index (χ3n) is 3.00. The Morgan fingerprint density at radius 3 is 2.52 bits per heavy atom. The van der Waals surface area contributed by atoms with Crippen molar-refractivity contribution >= 4 is 41.1 Å². The molecule has 0 atom stereocenters. The largest absolute Gasteiger partial charge is 0.454 e. The molecule has 1 heterocycles. The number of carbonyl (C=O) groups excluding carboxylic acids is 4. The molecule has 3 N–H and O–H groups in total. The smallest absolute Gasteiger partial charge is 0.325 e. The highest BCUT2D eigenvalue weighted by Gasteiger charge is 2.13. The SMILES string of the molecule is O=C(COC(=O)CNC(=O)c1cc(Cl)ccn1)NC(=O)Nc1ccccc1. The van der Waals surface area contributed by atoms with E-state index in [1.54, 1.807) is 30.3 Å². The summed E-state index contributed by atoms with van der Waals surface area (Å²) >= 11 is 5.74.